The predicted octanol–water partition coefficient (Wildman–Crippen LogP) is 5.40. The van der Waals surface area contributed by atoms with Gasteiger partial charge in [-0.2, -0.15) is 0 Å². The second-order valence-electron chi connectivity index (χ2n) is 5.29. The van der Waals surface area contributed by atoms with E-state index in [2.05, 4.69) is 26.0 Å². The van der Waals surface area contributed by atoms with E-state index in [9.17, 15) is 13.2 Å². The van der Waals surface area contributed by atoms with E-state index in [1.54, 1.807) is 24.3 Å². The van der Waals surface area contributed by atoms with Gasteiger partial charge in [0.2, 0.25) is 0 Å². The Labute approximate surface area is 173 Å². The third-order valence-corrected chi connectivity index (χ3v) is 6.14. The van der Waals surface area contributed by atoms with Crippen LogP contribution in [-0.4, -0.2) is 14.3 Å². The number of benzene rings is 2. The SMILES string of the molecule is O=C(Nc1ccc(NS(=O)(=O)c2c(Cl)cccc2Cl)cc1)c1ccc(Br)o1. The number of sulfonamides is 1. The molecule has 0 fully saturated rings. The summed E-state index contributed by atoms with van der Waals surface area (Å²) in [7, 11) is -3.97. The molecule has 0 saturated heterocycles. The highest BCUT2D eigenvalue weighted by atomic mass is 79.9. The van der Waals surface area contributed by atoms with E-state index < -0.39 is 15.9 Å². The average Bonchev–Trinajstić information content (AvgIpc) is 3.02. The number of nitrogens with one attached hydrogen (secondary N) is 2. The molecule has 2 N–H and O–H groups in total. The van der Waals surface area contributed by atoms with Gasteiger partial charge in [-0.15, -0.1) is 0 Å². The van der Waals surface area contributed by atoms with Crippen LogP contribution in [0.3, 0.4) is 0 Å². The first-order chi connectivity index (χ1) is 12.8. The summed E-state index contributed by atoms with van der Waals surface area (Å²) in [4.78, 5) is 11.8. The maximum absolute atomic E-state index is 12.5. The lowest BCUT2D eigenvalue weighted by atomic mass is 10.3. The van der Waals surface area contributed by atoms with Gasteiger partial charge in [-0.05, 0) is 64.5 Å². The van der Waals surface area contributed by atoms with E-state index in [1.807, 2.05) is 0 Å². The van der Waals surface area contributed by atoms with Gasteiger partial charge in [0.25, 0.3) is 15.9 Å². The van der Waals surface area contributed by atoms with Crippen LogP contribution in [0.2, 0.25) is 10.0 Å². The van der Waals surface area contributed by atoms with Gasteiger partial charge in [0.05, 0.1) is 10.0 Å². The van der Waals surface area contributed by atoms with Gasteiger partial charge >= 0.3 is 0 Å². The molecule has 3 rings (SSSR count). The summed E-state index contributed by atoms with van der Waals surface area (Å²) in [6, 6.07) is 13.6. The topological polar surface area (TPSA) is 88.4 Å². The lowest BCUT2D eigenvalue weighted by Crippen LogP contribution is -2.14. The van der Waals surface area contributed by atoms with Gasteiger partial charge in [0.1, 0.15) is 4.90 Å². The minimum absolute atomic E-state index is 0.0171. The van der Waals surface area contributed by atoms with E-state index >= 15 is 0 Å². The zero-order valence-electron chi connectivity index (χ0n) is 13.4. The zero-order chi connectivity index (χ0) is 19.6. The van der Waals surface area contributed by atoms with Crippen molar-refractivity contribution >= 4 is 66.4 Å². The van der Waals surface area contributed by atoms with Crippen molar-refractivity contribution in [3.63, 3.8) is 0 Å². The van der Waals surface area contributed by atoms with Crippen LogP contribution in [0.4, 0.5) is 11.4 Å². The highest BCUT2D eigenvalue weighted by Gasteiger charge is 2.21. The minimum Gasteiger partial charge on any atom is -0.444 e. The van der Waals surface area contributed by atoms with Crippen LogP contribution in [0.5, 0.6) is 0 Å². The molecule has 0 saturated carbocycles. The summed E-state index contributed by atoms with van der Waals surface area (Å²) in [6.07, 6.45) is 0. The third-order valence-electron chi connectivity index (χ3n) is 3.38. The van der Waals surface area contributed by atoms with E-state index in [1.165, 1.54) is 30.3 Å². The number of hydrogen-bond donors (Lipinski definition) is 2. The number of carbonyl (C=O) groups excluding carboxylic acids is 1. The number of amides is 1. The number of carbonyl (C=O) groups is 1. The Morgan fingerprint density at radius 1 is 0.926 bits per heavy atom. The molecule has 0 radical (unpaired) electrons. The van der Waals surface area contributed by atoms with Crippen molar-refractivity contribution in [2.45, 2.75) is 4.90 Å². The Kier molecular flexibility index (Phi) is 5.81. The highest BCUT2D eigenvalue weighted by molar-refractivity contribution is 9.10. The predicted molar refractivity (Wildman–Crippen MR) is 108 cm³/mol. The minimum atomic E-state index is -3.97. The molecule has 6 nitrogen and oxygen atoms in total. The molecule has 27 heavy (non-hydrogen) atoms. The maximum Gasteiger partial charge on any atom is 0.291 e. The molecule has 10 heteroatoms. The monoisotopic (exact) mass is 488 g/mol. The fourth-order valence-electron chi connectivity index (χ4n) is 2.20. The Morgan fingerprint density at radius 3 is 2.07 bits per heavy atom. The molecule has 140 valence electrons. The standard InChI is InChI=1S/C17H11BrCl2N2O4S/c18-15-9-8-14(26-15)17(23)21-10-4-6-11(7-5-10)22-27(24,25)16-12(19)2-1-3-13(16)20/h1-9,22H,(H,21,23). The summed E-state index contributed by atoms with van der Waals surface area (Å²) in [5, 5.41) is 2.67. The van der Waals surface area contributed by atoms with Crippen LogP contribution >= 0.6 is 39.1 Å². The Bertz CT molecular complexity index is 1080. The van der Waals surface area contributed by atoms with E-state index in [-0.39, 0.29) is 26.4 Å². The van der Waals surface area contributed by atoms with Gasteiger partial charge in [-0.3, -0.25) is 9.52 Å². The summed E-state index contributed by atoms with van der Waals surface area (Å²) in [5.74, 6) is -0.295. The molecule has 0 aliphatic carbocycles. The van der Waals surface area contributed by atoms with Gasteiger partial charge in [-0.25, -0.2) is 8.42 Å². The van der Waals surface area contributed by atoms with Crippen molar-refractivity contribution in [3.8, 4) is 0 Å². The quantitative estimate of drug-likeness (QED) is 0.502. The Morgan fingerprint density at radius 2 is 1.52 bits per heavy atom. The van der Waals surface area contributed by atoms with Crippen molar-refractivity contribution in [1.29, 1.82) is 0 Å². The number of furan rings is 1. The molecule has 2 aromatic carbocycles. The molecular formula is C17H11BrCl2N2O4S. The number of hydrogen-bond acceptors (Lipinski definition) is 4. The normalized spacial score (nSPS) is 11.2. The average molecular weight is 490 g/mol. The smallest absolute Gasteiger partial charge is 0.291 e. The van der Waals surface area contributed by atoms with Crippen molar-refractivity contribution in [2.24, 2.45) is 0 Å². The Hall–Kier alpha value is -2.00. The molecule has 0 aliphatic rings. The first-order valence-electron chi connectivity index (χ1n) is 7.40. The van der Waals surface area contributed by atoms with Crippen molar-refractivity contribution < 1.29 is 17.6 Å². The number of rotatable bonds is 5. The lowest BCUT2D eigenvalue weighted by molar-refractivity contribution is 0.0995. The Balaban J connectivity index is 1.75. The second kappa shape index (κ2) is 7.93. The lowest BCUT2D eigenvalue weighted by Gasteiger charge is -2.11. The first kappa shape index (κ1) is 19.8. The number of anilines is 2. The second-order valence-corrected chi connectivity index (χ2v) is 8.51. The molecule has 0 unspecified atom stereocenters. The van der Waals surface area contributed by atoms with Gasteiger partial charge in [0, 0.05) is 11.4 Å². The van der Waals surface area contributed by atoms with Crippen LogP contribution in [0.15, 0.2) is 68.6 Å². The summed E-state index contributed by atoms with van der Waals surface area (Å²) < 4.78 is 33.1. The highest BCUT2D eigenvalue weighted by Crippen LogP contribution is 2.30. The van der Waals surface area contributed by atoms with Gasteiger partial charge in [0.15, 0.2) is 10.4 Å². The maximum atomic E-state index is 12.5. The number of halogens is 3. The molecule has 0 spiro atoms. The molecular weight excluding hydrogens is 479 g/mol. The molecule has 1 amide bonds. The fraction of sp³-hybridized carbons (Fsp3) is 0. The molecule has 0 aliphatic heterocycles. The van der Waals surface area contributed by atoms with Crippen LogP contribution in [-0.2, 0) is 10.0 Å². The van der Waals surface area contributed by atoms with Crippen molar-refractivity contribution in [2.75, 3.05) is 10.0 Å². The third kappa shape index (κ3) is 4.65. The van der Waals surface area contributed by atoms with Crippen LogP contribution in [0, 0.1) is 0 Å². The van der Waals surface area contributed by atoms with E-state index in [0.29, 0.717) is 10.4 Å². The van der Waals surface area contributed by atoms with Crippen LogP contribution in [0.25, 0.3) is 0 Å². The summed E-state index contributed by atoms with van der Waals surface area (Å²) in [5.41, 5.74) is 0.746. The van der Waals surface area contributed by atoms with Crippen LogP contribution in [0.1, 0.15) is 10.6 Å². The van der Waals surface area contributed by atoms with Crippen LogP contribution < -0.4 is 10.0 Å². The van der Waals surface area contributed by atoms with E-state index in [0.717, 1.165) is 0 Å². The zero-order valence-corrected chi connectivity index (χ0v) is 17.3. The first-order valence-corrected chi connectivity index (χ1v) is 10.4. The molecule has 1 aromatic heterocycles. The fourth-order valence-corrected chi connectivity index (χ4v) is 4.71. The molecule has 1 heterocycles. The summed E-state index contributed by atoms with van der Waals surface area (Å²) in [6.45, 7) is 0. The van der Waals surface area contributed by atoms with E-state index in [4.69, 9.17) is 27.6 Å². The van der Waals surface area contributed by atoms with Gasteiger partial charge < -0.3 is 9.73 Å². The molecule has 3 aromatic rings. The molecule has 0 bridgehead atoms. The van der Waals surface area contributed by atoms with Crippen molar-refractivity contribution in [1.82, 2.24) is 0 Å². The van der Waals surface area contributed by atoms with Gasteiger partial charge in [-0.1, -0.05) is 29.3 Å². The largest absolute Gasteiger partial charge is 0.444 e. The van der Waals surface area contributed by atoms with Crippen molar-refractivity contribution in [3.05, 3.63) is 75.1 Å². The molecule has 0 atom stereocenters. The summed E-state index contributed by atoms with van der Waals surface area (Å²) >= 11 is 15.0.